The Balaban J connectivity index is 1.49. The summed E-state index contributed by atoms with van der Waals surface area (Å²) in [6.07, 6.45) is 3.28. The molecule has 0 saturated heterocycles. The largest absolute Gasteiger partial charge is 0.454 e. The van der Waals surface area contributed by atoms with E-state index in [0.29, 0.717) is 35.0 Å². The molecule has 3 heterocycles. The Bertz CT molecular complexity index is 1010. The minimum Gasteiger partial charge on any atom is -0.454 e. The first-order valence-electron chi connectivity index (χ1n) is 7.95. The summed E-state index contributed by atoms with van der Waals surface area (Å²) in [6.45, 7) is 1.61. The van der Waals surface area contributed by atoms with Gasteiger partial charge in [0, 0.05) is 11.8 Å². The van der Waals surface area contributed by atoms with Gasteiger partial charge in [0.25, 0.3) is 5.78 Å². The Morgan fingerprint density at radius 3 is 2.92 bits per heavy atom. The van der Waals surface area contributed by atoms with Crippen molar-refractivity contribution in [1.29, 1.82) is 0 Å². The number of nitrogens with zero attached hydrogens (tertiary/aromatic N) is 4. The molecule has 0 N–H and O–H groups in total. The van der Waals surface area contributed by atoms with Crippen molar-refractivity contribution >= 4 is 17.5 Å². The molecular formula is C17H14N4O5. The van der Waals surface area contributed by atoms with Crippen LogP contribution in [0.5, 0.6) is 11.5 Å². The number of esters is 1. The van der Waals surface area contributed by atoms with Gasteiger partial charge in [-0.1, -0.05) is 6.92 Å². The number of hydrogen-bond donors (Lipinski definition) is 0. The molecule has 4 rings (SSSR count). The van der Waals surface area contributed by atoms with Gasteiger partial charge in [-0.2, -0.15) is 10.1 Å². The van der Waals surface area contributed by atoms with Gasteiger partial charge >= 0.3 is 5.97 Å². The summed E-state index contributed by atoms with van der Waals surface area (Å²) < 4.78 is 17.1. The molecule has 0 aliphatic carbocycles. The molecule has 0 amide bonds. The van der Waals surface area contributed by atoms with E-state index < -0.39 is 12.6 Å². The second-order valence-electron chi connectivity index (χ2n) is 5.51. The van der Waals surface area contributed by atoms with Gasteiger partial charge in [0.15, 0.2) is 23.9 Å². The molecule has 0 saturated carbocycles. The lowest BCUT2D eigenvalue weighted by Crippen LogP contribution is -2.17. The van der Waals surface area contributed by atoms with Crippen LogP contribution < -0.4 is 9.47 Å². The van der Waals surface area contributed by atoms with Gasteiger partial charge in [-0.05, 0) is 24.6 Å². The average molecular weight is 354 g/mol. The first-order valence-corrected chi connectivity index (χ1v) is 7.95. The monoisotopic (exact) mass is 354 g/mol. The van der Waals surface area contributed by atoms with E-state index in [1.165, 1.54) is 17.0 Å². The molecule has 0 fully saturated rings. The van der Waals surface area contributed by atoms with Crippen LogP contribution in [0.2, 0.25) is 0 Å². The Morgan fingerprint density at radius 1 is 1.23 bits per heavy atom. The van der Waals surface area contributed by atoms with Gasteiger partial charge < -0.3 is 14.2 Å². The number of hydrogen-bond acceptors (Lipinski definition) is 8. The fraction of sp³-hybridized carbons (Fsp3) is 0.235. The molecule has 26 heavy (non-hydrogen) atoms. The predicted molar refractivity (Wildman–Crippen MR) is 87.3 cm³/mol. The van der Waals surface area contributed by atoms with Gasteiger partial charge in [0.1, 0.15) is 6.33 Å². The lowest BCUT2D eigenvalue weighted by Gasteiger charge is -2.09. The average Bonchev–Trinajstić information content (AvgIpc) is 3.32. The minimum atomic E-state index is -0.638. The zero-order valence-corrected chi connectivity index (χ0v) is 13.8. The Hall–Kier alpha value is -3.49. The highest BCUT2D eigenvalue weighted by Gasteiger charge is 2.20. The van der Waals surface area contributed by atoms with Gasteiger partial charge in [-0.3, -0.25) is 4.79 Å². The maximum Gasteiger partial charge on any atom is 0.342 e. The number of aryl methyl sites for hydroxylation is 1. The van der Waals surface area contributed by atoms with Crippen molar-refractivity contribution in [3.05, 3.63) is 47.5 Å². The fourth-order valence-electron chi connectivity index (χ4n) is 2.70. The lowest BCUT2D eigenvalue weighted by molar-refractivity contribution is 0.0472. The normalized spacial score (nSPS) is 12.3. The Morgan fingerprint density at radius 2 is 2.08 bits per heavy atom. The maximum atomic E-state index is 12.4. The molecule has 0 unspecified atom stereocenters. The molecule has 0 spiro atoms. The summed E-state index contributed by atoms with van der Waals surface area (Å²) in [5.41, 5.74) is 1.25. The van der Waals surface area contributed by atoms with E-state index in [4.69, 9.17) is 14.2 Å². The molecule has 0 bridgehead atoms. The smallest absolute Gasteiger partial charge is 0.342 e. The summed E-state index contributed by atoms with van der Waals surface area (Å²) in [5, 5.41) is 4.05. The predicted octanol–water partition coefficient (Wildman–Crippen LogP) is 1.46. The second kappa shape index (κ2) is 6.43. The van der Waals surface area contributed by atoms with Crippen LogP contribution in [0.25, 0.3) is 5.78 Å². The highest BCUT2D eigenvalue weighted by molar-refractivity contribution is 6.00. The van der Waals surface area contributed by atoms with Crippen molar-refractivity contribution < 1.29 is 23.8 Å². The van der Waals surface area contributed by atoms with Crippen LogP contribution in [0.15, 0.2) is 30.7 Å². The standard InChI is InChI=1S/C17H14N4O5/c1-2-12-11(6-18-17-19-8-20-21(12)17)16(23)24-7-13(22)10-3-4-14-15(5-10)26-9-25-14/h3-6,8H,2,7,9H2,1H3. The summed E-state index contributed by atoms with van der Waals surface area (Å²) in [6, 6.07) is 4.82. The van der Waals surface area contributed by atoms with Crippen molar-refractivity contribution in [2.75, 3.05) is 13.4 Å². The second-order valence-corrected chi connectivity index (χ2v) is 5.51. The third-order valence-electron chi connectivity index (χ3n) is 3.99. The number of benzene rings is 1. The molecule has 2 aromatic heterocycles. The van der Waals surface area contributed by atoms with E-state index in [9.17, 15) is 9.59 Å². The molecule has 3 aromatic rings. The number of carbonyl (C=O) groups is 2. The molecule has 0 radical (unpaired) electrons. The summed E-state index contributed by atoms with van der Waals surface area (Å²) in [4.78, 5) is 32.7. The van der Waals surface area contributed by atoms with Crippen molar-refractivity contribution in [2.24, 2.45) is 0 Å². The first-order chi connectivity index (χ1) is 12.7. The number of ether oxygens (including phenoxy) is 3. The van der Waals surface area contributed by atoms with Gasteiger partial charge in [-0.25, -0.2) is 14.3 Å². The van der Waals surface area contributed by atoms with Crippen LogP contribution in [0.4, 0.5) is 0 Å². The van der Waals surface area contributed by atoms with Crippen LogP contribution >= 0.6 is 0 Å². The summed E-state index contributed by atoms with van der Waals surface area (Å²) >= 11 is 0. The zero-order chi connectivity index (χ0) is 18.1. The zero-order valence-electron chi connectivity index (χ0n) is 13.8. The topological polar surface area (TPSA) is 105 Å². The van der Waals surface area contributed by atoms with E-state index in [0.717, 1.165) is 0 Å². The van der Waals surface area contributed by atoms with E-state index in [1.54, 1.807) is 18.2 Å². The van der Waals surface area contributed by atoms with Gasteiger partial charge in [0.2, 0.25) is 6.79 Å². The van der Waals surface area contributed by atoms with Crippen molar-refractivity contribution in [2.45, 2.75) is 13.3 Å². The number of ketones is 1. The van der Waals surface area contributed by atoms with Gasteiger partial charge in [0.05, 0.1) is 11.3 Å². The maximum absolute atomic E-state index is 12.4. The Labute approximate surface area is 147 Å². The van der Waals surface area contributed by atoms with Crippen molar-refractivity contribution in [1.82, 2.24) is 19.6 Å². The SMILES string of the molecule is CCc1c(C(=O)OCC(=O)c2ccc3c(c2)OCO3)cnc2ncnn12. The van der Waals surface area contributed by atoms with Crippen LogP contribution in [0, 0.1) is 0 Å². The molecule has 0 atom stereocenters. The highest BCUT2D eigenvalue weighted by atomic mass is 16.7. The third kappa shape index (κ3) is 2.73. The van der Waals surface area contributed by atoms with Crippen molar-refractivity contribution in [3.63, 3.8) is 0 Å². The first kappa shape index (κ1) is 16.0. The fourth-order valence-corrected chi connectivity index (χ4v) is 2.70. The van der Waals surface area contributed by atoms with Gasteiger partial charge in [-0.15, -0.1) is 0 Å². The third-order valence-corrected chi connectivity index (χ3v) is 3.99. The van der Waals surface area contributed by atoms with Crippen LogP contribution in [-0.4, -0.2) is 44.7 Å². The molecule has 9 heteroatoms. The number of rotatable bonds is 5. The molecule has 1 aromatic carbocycles. The van der Waals surface area contributed by atoms with Crippen LogP contribution in [0.1, 0.15) is 33.3 Å². The number of carbonyl (C=O) groups excluding carboxylic acids is 2. The van der Waals surface area contributed by atoms with E-state index in [2.05, 4.69) is 15.1 Å². The summed E-state index contributed by atoms with van der Waals surface area (Å²) in [7, 11) is 0. The highest BCUT2D eigenvalue weighted by Crippen LogP contribution is 2.32. The minimum absolute atomic E-state index is 0.125. The lowest BCUT2D eigenvalue weighted by atomic mass is 10.1. The molecule has 1 aliphatic heterocycles. The summed E-state index contributed by atoms with van der Waals surface area (Å²) in [5.74, 6) is 0.495. The number of aromatic nitrogens is 4. The number of fused-ring (bicyclic) bond motifs is 2. The van der Waals surface area contributed by atoms with Crippen LogP contribution in [-0.2, 0) is 11.2 Å². The molecule has 1 aliphatic rings. The molecule has 9 nitrogen and oxygen atoms in total. The quantitative estimate of drug-likeness (QED) is 0.501. The number of Topliss-reactive ketones (excluding diaryl/α,β-unsaturated/α-hetero) is 1. The van der Waals surface area contributed by atoms with Crippen molar-refractivity contribution in [3.8, 4) is 11.5 Å². The van der Waals surface area contributed by atoms with E-state index in [-0.39, 0.29) is 18.1 Å². The van der Waals surface area contributed by atoms with E-state index in [1.807, 2.05) is 6.92 Å². The molecule has 132 valence electrons. The molecular weight excluding hydrogens is 340 g/mol. The van der Waals surface area contributed by atoms with Crippen LogP contribution in [0.3, 0.4) is 0 Å². The van der Waals surface area contributed by atoms with E-state index >= 15 is 0 Å². The Kier molecular flexibility index (Phi) is 3.96.